The highest BCUT2D eigenvalue weighted by molar-refractivity contribution is 8.13. The van der Waals surface area contributed by atoms with E-state index < -0.39 is 9.05 Å². The van der Waals surface area contributed by atoms with Gasteiger partial charge in [-0.25, -0.2) is 13.4 Å². The van der Waals surface area contributed by atoms with Crippen LogP contribution >= 0.6 is 10.7 Å². The minimum absolute atomic E-state index is 0.0206. The molecule has 6 nitrogen and oxygen atoms in total. The van der Waals surface area contributed by atoms with Crippen LogP contribution in [0.1, 0.15) is 10.5 Å². The Balaban J connectivity index is 2.17. The number of nitrogens with zero attached hydrogens (tertiary/aromatic N) is 2. The lowest BCUT2D eigenvalue weighted by Gasteiger charge is -2.05. The van der Waals surface area contributed by atoms with Crippen molar-refractivity contribution in [3.05, 3.63) is 42.5 Å². The van der Waals surface area contributed by atoms with Crippen molar-refractivity contribution in [2.45, 2.75) is 4.90 Å². The Morgan fingerprint density at radius 3 is 2.42 bits per heavy atom. The van der Waals surface area contributed by atoms with Crippen molar-refractivity contribution in [3.63, 3.8) is 0 Å². The minimum Gasteiger partial charge on any atom is -0.330 e. The highest BCUT2D eigenvalue weighted by atomic mass is 35.7. The fourth-order valence-electron chi connectivity index (χ4n) is 1.47. The lowest BCUT2D eigenvalue weighted by Crippen LogP contribution is -2.15. The second-order valence-corrected chi connectivity index (χ2v) is 6.37. The Bertz CT molecular complexity index is 707. The van der Waals surface area contributed by atoms with Crippen LogP contribution in [-0.4, -0.2) is 23.9 Å². The zero-order valence-electron chi connectivity index (χ0n) is 9.87. The summed E-state index contributed by atoms with van der Waals surface area (Å²) in [7, 11) is 3.14. The smallest absolute Gasteiger partial charge is 0.273 e. The normalized spacial score (nSPS) is 11.3. The van der Waals surface area contributed by atoms with E-state index in [2.05, 4.69) is 10.3 Å². The second kappa shape index (κ2) is 5.02. The van der Waals surface area contributed by atoms with Crippen molar-refractivity contribution in [2.24, 2.45) is 7.05 Å². The zero-order valence-corrected chi connectivity index (χ0v) is 11.4. The number of carbonyl (C=O) groups is 1. The van der Waals surface area contributed by atoms with Crippen molar-refractivity contribution in [1.29, 1.82) is 0 Å². The van der Waals surface area contributed by atoms with Gasteiger partial charge in [-0.15, -0.1) is 0 Å². The second-order valence-electron chi connectivity index (χ2n) is 3.81. The molecule has 2 rings (SSSR count). The van der Waals surface area contributed by atoms with Gasteiger partial charge in [-0.3, -0.25) is 4.79 Å². The number of rotatable bonds is 3. The number of aromatic nitrogens is 2. The van der Waals surface area contributed by atoms with Gasteiger partial charge in [-0.2, -0.15) is 0 Å². The van der Waals surface area contributed by atoms with E-state index in [1.807, 2.05) is 0 Å². The Morgan fingerprint density at radius 2 is 1.95 bits per heavy atom. The van der Waals surface area contributed by atoms with Crippen molar-refractivity contribution >= 4 is 31.3 Å². The summed E-state index contributed by atoms with van der Waals surface area (Å²) in [6, 6.07) is 5.56. The van der Waals surface area contributed by atoms with Crippen LogP contribution in [0.5, 0.6) is 0 Å². The average molecular weight is 300 g/mol. The topological polar surface area (TPSA) is 81.1 Å². The molecule has 0 fully saturated rings. The number of aryl methyl sites for hydroxylation is 1. The van der Waals surface area contributed by atoms with Gasteiger partial charge in [-0.05, 0) is 24.3 Å². The molecule has 0 spiro atoms. The maximum Gasteiger partial charge on any atom is 0.273 e. The summed E-state index contributed by atoms with van der Waals surface area (Å²) in [5, 5.41) is 2.63. The highest BCUT2D eigenvalue weighted by Gasteiger charge is 2.12. The maximum absolute atomic E-state index is 11.9. The molecular formula is C11H10ClN3O3S. The van der Waals surface area contributed by atoms with Gasteiger partial charge in [0.2, 0.25) is 0 Å². The Hall–Kier alpha value is -1.86. The fraction of sp³-hybridized carbons (Fsp3) is 0.0909. The molecule has 8 heteroatoms. The summed E-state index contributed by atoms with van der Waals surface area (Å²) in [5.41, 5.74) is 0.865. The molecule has 1 aromatic heterocycles. The molecule has 0 aliphatic heterocycles. The van der Waals surface area contributed by atoms with Crippen LogP contribution in [0.3, 0.4) is 0 Å². The molecule has 1 amide bonds. The number of anilines is 1. The van der Waals surface area contributed by atoms with Gasteiger partial charge in [0.05, 0.1) is 17.4 Å². The van der Waals surface area contributed by atoms with Crippen molar-refractivity contribution in [2.75, 3.05) is 5.32 Å². The van der Waals surface area contributed by atoms with E-state index in [0.29, 0.717) is 11.4 Å². The summed E-state index contributed by atoms with van der Waals surface area (Å²) in [4.78, 5) is 15.7. The number of halogens is 1. The van der Waals surface area contributed by atoms with Gasteiger partial charge in [-0.1, -0.05) is 0 Å². The molecule has 19 heavy (non-hydrogen) atoms. The fourth-order valence-corrected chi connectivity index (χ4v) is 2.24. The van der Waals surface area contributed by atoms with Crippen LogP contribution in [0.15, 0.2) is 41.7 Å². The van der Waals surface area contributed by atoms with Gasteiger partial charge in [0.1, 0.15) is 5.69 Å². The quantitative estimate of drug-likeness (QED) is 0.873. The van der Waals surface area contributed by atoms with E-state index in [1.54, 1.807) is 11.6 Å². The van der Waals surface area contributed by atoms with Gasteiger partial charge in [0, 0.05) is 23.4 Å². The first kappa shape index (κ1) is 13.6. The number of hydrogen-bond acceptors (Lipinski definition) is 4. The molecule has 1 heterocycles. The molecule has 0 saturated heterocycles. The van der Waals surface area contributed by atoms with E-state index in [1.165, 1.54) is 36.8 Å². The van der Waals surface area contributed by atoms with Crippen LogP contribution in [0.25, 0.3) is 0 Å². The first-order valence-electron chi connectivity index (χ1n) is 5.20. The zero-order chi connectivity index (χ0) is 14.0. The van der Waals surface area contributed by atoms with E-state index in [-0.39, 0.29) is 10.8 Å². The molecule has 100 valence electrons. The third kappa shape index (κ3) is 3.12. The molecule has 0 aliphatic rings. The van der Waals surface area contributed by atoms with E-state index in [0.717, 1.165) is 0 Å². The van der Waals surface area contributed by atoms with Crippen molar-refractivity contribution < 1.29 is 13.2 Å². The molecule has 0 unspecified atom stereocenters. The third-order valence-electron chi connectivity index (χ3n) is 2.44. The van der Waals surface area contributed by atoms with Crippen LogP contribution in [-0.2, 0) is 16.1 Å². The van der Waals surface area contributed by atoms with Crippen LogP contribution in [0, 0.1) is 0 Å². The number of carbonyl (C=O) groups excluding carboxylic acids is 1. The monoisotopic (exact) mass is 299 g/mol. The molecule has 0 radical (unpaired) electrons. The van der Waals surface area contributed by atoms with Crippen LogP contribution < -0.4 is 5.32 Å². The lowest BCUT2D eigenvalue weighted by atomic mass is 10.3. The number of nitrogens with one attached hydrogen (secondary N) is 1. The van der Waals surface area contributed by atoms with Gasteiger partial charge in [0.25, 0.3) is 15.0 Å². The van der Waals surface area contributed by atoms with Gasteiger partial charge in [0.15, 0.2) is 0 Å². The molecular weight excluding hydrogens is 290 g/mol. The number of benzene rings is 1. The lowest BCUT2D eigenvalue weighted by molar-refractivity contribution is 0.101. The summed E-state index contributed by atoms with van der Waals surface area (Å²) in [6.45, 7) is 0. The van der Waals surface area contributed by atoms with Crippen molar-refractivity contribution in [3.8, 4) is 0 Å². The molecule has 1 aromatic carbocycles. The first-order valence-corrected chi connectivity index (χ1v) is 7.51. The molecule has 0 saturated carbocycles. The van der Waals surface area contributed by atoms with Gasteiger partial charge < -0.3 is 9.88 Å². The third-order valence-corrected chi connectivity index (χ3v) is 3.81. The molecule has 1 N–H and O–H groups in total. The maximum atomic E-state index is 11.9. The summed E-state index contributed by atoms with van der Waals surface area (Å²) >= 11 is 0. The average Bonchev–Trinajstić information content (AvgIpc) is 2.75. The number of hydrogen-bond donors (Lipinski definition) is 1. The highest BCUT2D eigenvalue weighted by Crippen LogP contribution is 2.18. The number of amides is 1. The van der Waals surface area contributed by atoms with Crippen LogP contribution in [0.2, 0.25) is 0 Å². The molecule has 0 bridgehead atoms. The molecule has 0 aliphatic carbocycles. The SMILES string of the molecule is Cn1cncc1C(=O)Nc1ccc(S(=O)(=O)Cl)cc1. The predicted molar refractivity (Wildman–Crippen MR) is 70.6 cm³/mol. The predicted octanol–water partition coefficient (Wildman–Crippen LogP) is 1.60. The Labute approximate surface area is 114 Å². The van der Waals surface area contributed by atoms with Crippen molar-refractivity contribution in [1.82, 2.24) is 9.55 Å². The standard InChI is InChI=1S/C11H10ClN3O3S/c1-15-7-13-6-10(15)11(16)14-8-2-4-9(5-3-8)19(12,17)18/h2-7H,1H3,(H,14,16). The Morgan fingerprint density at radius 1 is 1.32 bits per heavy atom. The first-order chi connectivity index (χ1) is 8.88. The Kier molecular flexibility index (Phi) is 3.59. The molecule has 2 aromatic rings. The molecule has 0 atom stereocenters. The van der Waals surface area contributed by atoms with E-state index in [9.17, 15) is 13.2 Å². The van der Waals surface area contributed by atoms with Gasteiger partial charge >= 0.3 is 0 Å². The number of imidazole rings is 1. The van der Waals surface area contributed by atoms with E-state index in [4.69, 9.17) is 10.7 Å². The minimum atomic E-state index is -3.75. The summed E-state index contributed by atoms with van der Waals surface area (Å²) < 4.78 is 23.7. The summed E-state index contributed by atoms with van der Waals surface area (Å²) in [5.74, 6) is -0.332. The largest absolute Gasteiger partial charge is 0.330 e. The van der Waals surface area contributed by atoms with E-state index >= 15 is 0 Å². The summed E-state index contributed by atoms with van der Waals surface area (Å²) in [6.07, 6.45) is 2.95. The van der Waals surface area contributed by atoms with Crippen LogP contribution in [0.4, 0.5) is 5.69 Å².